The van der Waals surface area contributed by atoms with Crippen molar-refractivity contribution >= 4 is 45.0 Å². The summed E-state index contributed by atoms with van der Waals surface area (Å²) in [6, 6.07) is 8.02. The highest BCUT2D eigenvalue weighted by atomic mass is 32.1. The van der Waals surface area contributed by atoms with Crippen molar-refractivity contribution in [3.05, 3.63) is 51.5 Å². The Morgan fingerprint density at radius 2 is 2.00 bits per heavy atom. The van der Waals surface area contributed by atoms with E-state index in [1.165, 1.54) is 16.2 Å². The molecule has 2 N–H and O–H groups in total. The van der Waals surface area contributed by atoms with Crippen molar-refractivity contribution in [2.45, 2.75) is 26.3 Å². The summed E-state index contributed by atoms with van der Waals surface area (Å²) in [4.78, 5) is 45.6. The number of benzene rings is 1. The molecule has 2 aromatic heterocycles. The molecule has 30 heavy (non-hydrogen) atoms. The van der Waals surface area contributed by atoms with E-state index in [-0.39, 0.29) is 24.3 Å². The first-order valence-electron chi connectivity index (χ1n) is 9.96. The maximum absolute atomic E-state index is 13.1. The zero-order chi connectivity index (χ0) is 21.0. The van der Waals surface area contributed by atoms with Gasteiger partial charge >= 0.3 is 0 Å². The summed E-state index contributed by atoms with van der Waals surface area (Å²) < 4.78 is 0. The number of carbonyl (C=O) groups is 3. The first-order chi connectivity index (χ1) is 14.4. The van der Waals surface area contributed by atoms with Gasteiger partial charge in [-0.3, -0.25) is 14.4 Å². The second-order valence-corrected chi connectivity index (χ2v) is 9.04. The van der Waals surface area contributed by atoms with Crippen LogP contribution in [0.2, 0.25) is 0 Å². The van der Waals surface area contributed by atoms with Gasteiger partial charge in [0.25, 0.3) is 5.91 Å². The van der Waals surface area contributed by atoms with Gasteiger partial charge in [-0.05, 0) is 30.5 Å². The molecule has 5 rings (SSSR count). The average molecular weight is 423 g/mol. The van der Waals surface area contributed by atoms with E-state index in [9.17, 15) is 14.4 Å². The molecule has 0 unspecified atom stereocenters. The Labute approximate surface area is 177 Å². The largest absolute Gasteiger partial charge is 0.358 e. The molecule has 1 aromatic carbocycles. The Morgan fingerprint density at radius 3 is 2.83 bits per heavy atom. The summed E-state index contributed by atoms with van der Waals surface area (Å²) in [5, 5.41) is 4.55. The molecule has 0 aliphatic carbocycles. The molecule has 3 aromatic rings. The number of thiophene rings is 1. The number of amides is 3. The maximum Gasteiger partial charge on any atom is 0.257 e. The summed E-state index contributed by atoms with van der Waals surface area (Å²) in [5.74, 6) is -0.245. The third-order valence-electron chi connectivity index (χ3n) is 5.96. The molecule has 2 aliphatic heterocycles. The highest BCUT2D eigenvalue weighted by Gasteiger charge is 2.34. The number of para-hydroxylation sites is 1. The average Bonchev–Trinajstić information content (AvgIpc) is 3.20. The Balaban J connectivity index is 1.40. The first kappa shape index (κ1) is 18.9. The van der Waals surface area contributed by atoms with Crippen LogP contribution in [0.5, 0.6) is 0 Å². The number of nitrogens with zero attached hydrogens (tertiary/aromatic N) is 2. The van der Waals surface area contributed by atoms with Gasteiger partial charge in [-0.15, -0.1) is 11.3 Å². The molecule has 154 valence electrons. The molecule has 7 nitrogen and oxygen atoms in total. The van der Waals surface area contributed by atoms with Crippen LogP contribution < -0.4 is 5.32 Å². The van der Waals surface area contributed by atoms with Crippen molar-refractivity contribution in [3.8, 4) is 0 Å². The van der Waals surface area contributed by atoms with E-state index in [0.717, 1.165) is 32.6 Å². The van der Waals surface area contributed by atoms with Crippen molar-refractivity contribution in [1.29, 1.82) is 0 Å². The molecule has 8 heteroatoms. The minimum atomic E-state index is -0.189. The fourth-order valence-electron chi connectivity index (χ4n) is 4.40. The Hall–Kier alpha value is -3.13. The van der Waals surface area contributed by atoms with Gasteiger partial charge in [-0.1, -0.05) is 18.2 Å². The van der Waals surface area contributed by atoms with Crippen LogP contribution in [0.3, 0.4) is 0 Å². The number of carbonyl (C=O) groups excluding carboxylic acids is 3. The molecule has 3 amide bonds. The summed E-state index contributed by atoms with van der Waals surface area (Å²) >= 11 is 1.42. The summed E-state index contributed by atoms with van der Waals surface area (Å²) in [6.07, 6.45) is 0.962. The number of nitrogens with one attached hydrogen (secondary N) is 2. The Morgan fingerprint density at radius 1 is 1.20 bits per heavy atom. The molecule has 0 bridgehead atoms. The van der Waals surface area contributed by atoms with Crippen LogP contribution in [0.4, 0.5) is 5.00 Å². The first-order valence-corrected chi connectivity index (χ1v) is 10.8. The van der Waals surface area contributed by atoms with Gasteiger partial charge < -0.3 is 20.1 Å². The van der Waals surface area contributed by atoms with Gasteiger partial charge in [0.05, 0.1) is 25.1 Å². The minimum absolute atomic E-state index is 0.0591. The quantitative estimate of drug-likeness (QED) is 0.666. The van der Waals surface area contributed by atoms with E-state index >= 15 is 0 Å². The lowest BCUT2D eigenvalue weighted by Gasteiger charge is -2.27. The Kier molecular flexibility index (Phi) is 4.39. The molecule has 0 saturated heterocycles. The van der Waals surface area contributed by atoms with E-state index in [2.05, 4.69) is 10.3 Å². The molecular weight excluding hydrogens is 400 g/mol. The van der Waals surface area contributed by atoms with Crippen molar-refractivity contribution < 1.29 is 14.4 Å². The second kappa shape index (κ2) is 6.98. The van der Waals surface area contributed by atoms with Crippen LogP contribution in [0.1, 0.15) is 32.1 Å². The van der Waals surface area contributed by atoms with Crippen LogP contribution in [-0.2, 0) is 29.0 Å². The van der Waals surface area contributed by atoms with E-state index < -0.39 is 0 Å². The molecular formula is C22H22N4O3S. The topological polar surface area (TPSA) is 85.5 Å². The number of hydrogen-bond acceptors (Lipinski definition) is 4. The zero-order valence-corrected chi connectivity index (χ0v) is 17.7. The van der Waals surface area contributed by atoms with Gasteiger partial charge in [-0.25, -0.2) is 0 Å². The SMILES string of the molecule is Cc1[nH]c2ccccc2c1CC(=O)N1CCc2c(sc3c2C(=O)N(C)CC(=O)N3)C1. The van der Waals surface area contributed by atoms with E-state index in [1.54, 1.807) is 7.05 Å². The van der Waals surface area contributed by atoms with E-state index in [1.807, 2.05) is 36.1 Å². The Bertz CT molecular complexity index is 1210. The van der Waals surface area contributed by atoms with Crippen LogP contribution in [0, 0.1) is 6.92 Å². The highest BCUT2D eigenvalue weighted by molar-refractivity contribution is 7.17. The molecule has 2 aliphatic rings. The fourth-order valence-corrected chi connectivity index (χ4v) is 5.67. The van der Waals surface area contributed by atoms with Gasteiger partial charge in [0.2, 0.25) is 11.8 Å². The summed E-state index contributed by atoms with van der Waals surface area (Å²) in [7, 11) is 1.64. The lowest BCUT2D eigenvalue weighted by molar-refractivity contribution is -0.131. The highest BCUT2D eigenvalue weighted by Crippen LogP contribution is 2.39. The number of anilines is 1. The van der Waals surface area contributed by atoms with Crippen molar-refractivity contribution in [2.24, 2.45) is 0 Å². The van der Waals surface area contributed by atoms with Crippen LogP contribution in [0.25, 0.3) is 10.9 Å². The number of aryl methyl sites for hydroxylation is 1. The molecule has 0 radical (unpaired) electrons. The lowest BCUT2D eigenvalue weighted by atomic mass is 10.0. The number of H-pyrrole nitrogens is 1. The molecule has 0 saturated carbocycles. The van der Waals surface area contributed by atoms with Crippen molar-refractivity contribution in [1.82, 2.24) is 14.8 Å². The van der Waals surface area contributed by atoms with Gasteiger partial charge in [0.15, 0.2) is 0 Å². The molecule has 0 atom stereocenters. The number of likely N-dealkylation sites (N-methyl/N-ethyl adjacent to an activating group) is 1. The third-order valence-corrected chi connectivity index (χ3v) is 7.09. The molecule has 0 fully saturated rings. The predicted octanol–water partition coefficient (Wildman–Crippen LogP) is 2.69. The van der Waals surface area contributed by atoms with Gasteiger partial charge in [0.1, 0.15) is 5.00 Å². The van der Waals surface area contributed by atoms with Crippen LogP contribution >= 0.6 is 11.3 Å². The zero-order valence-electron chi connectivity index (χ0n) is 16.9. The van der Waals surface area contributed by atoms with Gasteiger partial charge in [0, 0.05) is 35.1 Å². The number of rotatable bonds is 2. The third kappa shape index (κ3) is 2.99. The predicted molar refractivity (Wildman–Crippen MR) is 116 cm³/mol. The van der Waals surface area contributed by atoms with Crippen LogP contribution in [0.15, 0.2) is 24.3 Å². The molecule has 0 spiro atoms. The summed E-state index contributed by atoms with van der Waals surface area (Å²) in [5.41, 5.74) is 4.66. The van der Waals surface area contributed by atoms with E-state index in [0.29, 0.717) is 36.5 Å². The minimum Gasteiger partial charge on any atom is -0.358 e. The second-order valence-electron chi connectivity index (χ2n) is 7.93. The maximum atomic E-state index is 13.1. The lowest BCUT2D eigenvalue weighted by Crippen LogP contribution is -2.37. The number of aromatic nitrogens is 1. The standard InChI is InChI=1S/C22H22N4O3S/c1-12-15(13-5-3-4-6-16(13)23-12)9-19(28)26-8-7-14-17(10-26)30-21-20(14)22(29)25(2)11-18(27)24-21/h3-6,23H,7-11H2,1-2H3,(H,24,27). The number of hydrogen-bond donors (Lipinski definition) is 2. The number of aromatic amines is 1. The van der Waals surface area contributed by atoms with Gasteiger partial charge in [-0.2, -0.15) is 0 Å². The van der Waals surface area contributed by atoms with Crippen LogP contribution in [-0.4, -0.2) is 52.6 Å². The monoisotopic (exact) mass is 422 g/mol. The number of fused-ring (bicyclic) bond motifs is 4. The van der Waals surface area contributed by atoms with E-state index in [4.69, 9.17) is 0 Å². The summed E-state index contributed by atoms with van der Waals surface area (Å²) in [6.45, 7) is 3.10. The van der Waals surface area contributed by atoms with Crippen molar-refractivity contribution in [2.75, 3.05) is 25.5 Å². The normalized spacial score (nSPS) is 16.3. The molecule has 4 heterocycles. The van der Waals surface area contributed by atoms with Crippen molar-refractivity contribution in [3.63, 3.8) is 0 Å². The smallest absolute Gasteiger partial charge is 0.257 e. The fraction of sp³-hybridized carbons (Fsp3) is 0.318.